The summed E-state index contributed by atoms with van der Waals surface area (Å²) in [6, 6.07) is 3.02. The second-order valence-corrected chi connectivity index (χ2v) is 7.52. The van der Waals surface area contributed by atoms with E-state index in [1.807, 2.05) is 4.90 Å². The van der Waals surface area contributed by atoms with Crippen molar-refractivity contribution in [1.82, 2.24) is 5.32 Å². The minimum atomic E-state index is -1.56. The third-order valence-electron chi connectivity index (χ3n) is 4.08. The number of alkyl carbamates (subject to hydrolysis) is 1. The number of nitrogens with one attached hydrogen (secondary N) is 1. The first-order chi connectivity index (χ1) is 13.1. The van der Waals surface area contributed by atoms with Gasteiger partial charge in [0, 0.05) is 18.0 Å². The number of benzene rings is 1. The second-order valence-electron chi connectivity index (χ2n) is 7.52. The van der Waals surface area contributed by atoms with Crippen LogP contribution in [-0.4, -0.2) is 60.7 Å². The Morgan fingerprint density at radius 3 is 2.61 bits per heavy atom. The highest BCUT2D eigenvalue weighted by molar-refractivity contribution is 5.68. The largest absolute Gasteiger partial charge is 0.444 e. The lowest BCUT2D eigenvalue weighted by atomic mass is 10.0. The van der Waals surface area contributed by atoms with Crippen LogP contribution in [0.5, 0.6) is 0 Å². The fourth-order valence-electron chi connectivity index (χ4n) is 2.87. The van der Waals surface area contributed by atoms with Gasteiger partial charge < -0.3 is 24.8 Å². The van der Waals surface area contributed by atoms with Crippen LogP contribution < -0.4 is 10.2 Å². The van der Waals surface area contributed by atoms with E-state index >= 15 is 0 Å². The highest BCUT2D eigenvalue weighted by atomic mass is 19.1. The predicted octanol–water partition coefficient (Wildman–Crippen LogP) is 1.87. The molecule has 1 amide bonds. The van der Waals surface area contributed by atoms with Gasteiger partial charge in [0.1, 0.15) is 17.5 Å². The average molecular weight is 399 g/mol. The van der Waals surface area contributed by atoms with Crippen LogP contribution >= 0.6 is 0 Å². The number of rotatable bonds is 6. The summed E-state index contributed by atoms with van der Waals surface area (Å²) in [6.07, 6.45) is -2.42. The Morgan fingerprint density at radius 1 is 1.43 bits per heavy atom. The van der Waals surface area contributed by atoms with Crippen LogP contribution in [0.25, 0.3) is 0 Å². The van der Waals surface area contributed by atoms with Gasteiger partial charge in [-0.2, -0.15) is 0 Å². The number of nitrogens with zero attached hydrogens (tertiary/aromatic N) is 2. The topological polar surface area (TPSA) is 114 Å². The summed E-state index contributed by atoms with van der Waals surface area (Å²) in [5.74, 6) is -0.552. The molecule has 0 radical (unpaired) electrons. The molecule has 1 fully saturated rings. The zero-order valence-electron chi connectivity index (χ0n) is 16.2. The minimum Gasteiger partial charge on any atom is -0.444 e. The third kappa shape index (κ3) is 6.31. The quantitative estimate of drug-likeness (QED) is 0.554. The zero-order valence-corrected chi connectivity index (χ0v) is 16.2. The maximum absolute atomic E-state index is 14.7. The van der Waals surface area contributed by atoms with Gasteiger partial charge in [0.05, 0.1) is 24.9 Å². The molecule has 1 aromatic carbocycles. The Hall–Kier alpha value is -2.46. The molecule has 2 unspecified atom stereocenters. The normalized spacial score (nSPS) is 17.0. The van der Waals surface area contributed by atoms with Gasteiger partial charge in [0.2, 0.25) is 6.54 Å². The smallest absolute Gasteiger partial charge is 0.408 e. The lowest BCUT2D eigenvalue weighted by Crippen LogP contribution is -2.42. The van der Waals surface area contributed by atoms with E-state index in [0.29, 0.717) is 32.0 Å². The summed E-state index contributed by atoms with van der Waals surface area (Å²) < 4.78 is 25.1. The van der Waals surface area contributed by atoms with Gasteiger partial charge >= 0.3 is 6.09 Å². The van der Waals surface area contributed by atoms with Gasteiger partial charge in [-0.05, 0) is 38.5 Å². The molecule has 2 atom stereocenters. The maximum Gasteiger partial charge on any atom is 0.408 e. The van der Waals surface area contributed by atoms with Crippen LogP contribution in [0, 0.1) is 15.9 Å². The van der Waals surface area contributed by atoms with E-state index in [9.17, 15) is 24.4 Å². The van der Waals surface area contributed by atoms with Gasteiger partial charge in [-0.15, -0.1) is 0 Å². The van der Waals surface area contributed by atoms with E-state index < -0.39 is 41.1 Å². The number of amides is 1. The van der Waals surface area contributed by atoms with Gasteiger partial charge in [0.15, 0.2) is 0 Å². The van der Waals surface area contributed by atoms with E-state index in [2.05, 4.69) is 5.32 Å². The number of aliphatic hydroxyl groups excluding tert-OH is 1. The fourth-order valence-corrected chi connectivity index (χ4v) is 2.87. The number of hydrogen-bond donors (Lipinski definition) is 2. The molecule has 1 aliphatic heterocycles. The van der Waals surface area contributed by atoms with Crippen molar-refractivity contribution in [2.45, 2.75) is 38.5 Å². The molecular formula is C18H26FN3O6. The maximum atomic E-state index is 14.7. The lowest BCUT2D eigenvalue weighted by molar-refractivity contribution is -0.491. The number of aliphatic hydroxyl groups is 1. The second kappa shape index (κ2) is 9.16. The van der Waals surface area contributed by atoms with Crippen LogP contribution in [0.3, 0.4) is 0 Å². The number of nitro groups is 1. The minimum absolute atomic E-state index is 0.203. The number of morpholine rings is 1. The lowest BCUT2D eigenvalue weighted by Gasteiger charge is -2.30. The highest BCUT2D eigenvalue weighted by Crippen LogP contribution is 2.26. The van der Waals surface area contributed by atoms with Crippen molar-refractivity contribution in [3.8, 4) is 0 Å². The first-order valence-corrected chi connectivity index (χ1v) is 8.98. The first kappa shape index (κ1) is 21.8. The standard InChI is InChI=1S/C18H26FN3O6/c1-18(2,3)28-17(24)20-16(15(23)11-22(25)26)12-4-5-14(13(19)10-12)21-6-8-27-9-7-21/h4-5,10,15-16,23H,6-9,11H2,1-3H3,(H,20,24). The Kier molecular flexibility index (Phi) is 7.14. The SMILES string of the molecule is CC(C)(C)OC(=O)NC(c1ccc(N2CCOCC2)c(F)c1)C(O)C[N+](=O)[O-]. The summed E-state index contributed by atoms with van der Waals surface area (Å²) >= 11 is 0. The summed E-state index contributed by atoms with van der Waals surface area (Å²) in [5.41, 5.74) is -0.227. The van der Waals surface area contributed by atoms with Crippen molar-refractivity contribution in [3.63, 3.8) is 0 Å². The monoisotopic (exact) mass is 399 g/mol. The molecule has 0 aliphatic carbocycles. The Labute approximate surface area is 162 Å². The molecule has 28 heavy (non-hydrogen) atoms. The number of anilines is 1. The number of hydrogen-bond acceptors (Lipinski definition) is 7. The molecule has 9 nitrogen and oxygen atoms in total. The molecule has 2 rings (SSSR count). The van der Waals surface area contributed by atoms with Crippen LogP contribution in [0.4, 0.5) is 14.9 Å². The van der Waals surface area contributed by atoms with E-state index in [4.69, 9.17) is 9.47 Å². The van der Waals surface area contributed by atoms with Crippen LogP contribution in [-0.2, 0) is 9.47 Å². The van der Waals surface area contributed by atoms with E-state index in [-0.39, 0.29) is 5.56 Å². The van der Waals surface area contributed by atoms with Crippen LogP contribution in [0.2, 0.25) is 0 Å². The summed E-state index contributed by atoms with van der Waals surface area (Å²) in [4.78, 5) is 24.0. The molecule has 1 saturated heterocycles. The molecule has 1 heterocycles. The van der Waals surface area contributed by atoms with E-state index in [0.717, 1.165) is 6.07 Å². The molecule has 0 spiro atoms. The molecule has 0 bridgehead atoms. The molecule has 0 aromatic heterocycles. The molecule has 2 N–H and O–H groups in total. The molecular weight excluding hydrogens is 373 g/mol. The van der Waals surface area contributed by atoms with Crippen molar-refractivity contribution >= 4 is 11.8 Å². The Balaban J connectivity index is 2.24. The number of carbonyl (C=O) groups is 1. The van der Waals surface area contributed by atoms with E-state index in [1.165, 1.54) is 12.1 Å². The highest BCUT2D eigenvalue weighted by Gasteiger charge is 2.30. The Bertz CT molecular complexity index is 703. The average Bonchev–Trinajstić information content (AvgIpc) is 2.58. The van der Waals surface area contributed by atoms with Crippen LogP contribution in [0.15, 0.2) is 18.2 Å². The first-order valence-electron chi connectivity index (χ1n) is 8.98. The molecule has 1 aromatic rings. The zero-order chi connectivity index (χ0) is 20.9. The van der Waals surface area contributed by atoms with Gasteiger partial charge in [-0.3, -0.25) is 10.1 Å². The van der Waals surface area contributed by atoms with Crippen molar-refractivity contribution in [2.24, 2.45) is 0 Å². The number of carbonyl (C=O) groups excluding carboxylic acids is 1. The van der Waals surface area contributed by atoms with Crippen molar-refractivity contribution < 1.29 is 28.7 Å². The van der Waals surface area contributed by atoms with Gasteiger partial charge in [-0.25, -0.2) is 9.18 Å². The van der Waals surface area contributed by atoms with Gasteiger partial charge in [0.25, 0.3) is 0 Å². The predicted molar refractivity (Wildman–Crippen MR) is 99.4 cm³/mol. The van der Waals surface area contributed by atoms with E-state index in [1.54, 1.807) is 20.8 Å². The fraction of sp³-hybridized carbons (Fsp3) is 0.611. The van der Waals surface area contributed by atoms with Crippen molar-refractivity contribution in [2.75, 3.05) is 37.7 Å². The molecule has 1 aliphatic rings. The van der Waals surface area contributed by atoms with Crippen LogP contribution in [0.1, 0.15) is 32.4 Å². The summed E-state index contributed by atoms with van der Waals surface area (Å²) in [6.45, 7) is 6.23. The van der Waals surface area contributed by atoms with Crippen molar-refractivity contribution in [3.05, 3.63) is 39.7 Å². The third-order valence-corrected chi connectivity index (χ3v) is 4.08. The Morgan fingerprint density at radius 2 is 2.07 bits per heavy atom. The number of ether oxygens (including phenoxy) is 2. The summed E-state index contributed by atoms with van der Waals surface area (Å²) in [5, 5.41) is 23.4. The van der Waals surface area contributed by atoms with Crippen molar-refractivity contribution in [1.29, 1.82) is 0 Å². The summed E-state index contributed by atoms with van der Waals surface area (Å²) in [7, 11) is 0. The molecule has 156 valence electrons. The number of halogens is 1. The molecule has 10 heteroatoms. The van der Waals surface area contributed by atoms with Gasteiger partial charge in [-0.1, -0.05) is 6.07 Å². The molecule has 0 saturated carbocycles.